The summed E-state index contributed by atoms with van der Waals surface area (Å²) in [5.74, 6) is -1.45. The number of nitrogens with one attached hydrogen (secondary N) is 1. The first-order valence-electron chi connectivity index (χ1n) is 5.82. The molecule has 0 unspecified atom stereocenters. The first-order chi connectivity index (χ1) is 7.80. The van der Waals surface area contributed by atoms with Gasteiger partial charge >= 0.3 is 0 Å². The van der Waals surface area contributed by atoms with Gasteiger partial charge < -0.3 is 10.6 Å². The standard InChI is InChI=1S/C10H21N3O3S/c1-8(2)13-5-3-9(4-6-13)12-17(15,16)7-10(11)14/h8-9,12H,3-7H2,1-2H3,(H2,11,14). The molecule has 0 saturated carbocycles. The van der Waals surface area contributed by atoms with Crippen molar-refractivity contribution in [3.05, 3.63) is 0 Å². The molecule has 17 heavy (non-hydrogen) atoms. The Labute approximate surface area is 103 Å². The Morgan fingerprint density at radius 3 is 2.35 bits per heavy atom. The van der Waals surface area contributed by atoms with Gasteiger partial charge in [0.15, 0.2) is 0 Å². The summed E-state index contributed by atoms with van der Waals surface area (Å²) in [6.45, 7) is 6.00. The van der Waals surface area contributed by atoms with E-state index in [4.69, 9.17) is 5.73 Å². The van der Waals surface area contributed by atoms with Crippen molar-refractivity contribution in [3.8, 4) is 0 Å². The van der Waals surface area contributed by atoms with Gasteiger partial charge in [0.05, 0.1) is 0 Å². The van der Waals surface area contributed by atoms with Crippen LogP contribution in [0.5, 0.6) is 0 Å². The second-order valence-corrected chi connectivity index (χ2v) is 6.50. The Morgan fingerprint density at radius 1 is 1.41 bits per heavy atom. The Morgan fingerprint density at radius 2 is 1.94 bits per heavy atom. The number of nitrogens with two attached hydrogens (primary N) is 1. The average molecular weight is 263 g/mol. The van der Waals surface area contributed by atoms with Crippen molar-refractivity contribution >= 4 is 15.9 Å². The molecule has 0 atom stereocenters. The van der Waals surface area contributed by atoms with E-state index in [-0.39, 0.29) is 6.04 Å². The van der Waals surface area contributed by atoms with E-state index >= 15 is 0 Å². The lowest BCUT2D eigenvalue weighted by Gasteiger charge is -2.34. The molecule has 100 valence electrons. The van der Waals surface area contributed by atoms with Gasteiger partial charge in [-0.25, -0.2) is 13.1 Å². The van der Waals surface area contributed by atoms with Crippen LogP contribution < -0.4 is 10.5 Å². The summed E-state index contributed by atoms with van der Waals surface area (Å²) < 4.78 is 25.5. The molecule has 0 aliphatic carbocycles. The molecular formula is C10H21N3O3S. The molecule has 6 nitrogen and oxygen atoms in total. The van der Waals surface area contributed by atoms with Crippen LogP contribution >= 0.6 is 0 Å². The minimum Gasteiger partial charge on any atom is -0.369 e. The van der Waals surface area contributed by atoms with Crippen LogP contribution in [0, 0.1) is 0 Å². The molecule has 1 heterocycles. The van der Waals surface area contributed by atoms with Crippen LogP contribution in [-0.4, -0.2) is 50.2 Å². The number of primary amides is 1. The average Bonchev–Trinajstić information content (AvgIpc) is 2.15. The number of sulfonamides is 1. The number of carbonyl (C=O) groups excluding carboxylic acids is 1. The number of hydrogen-bond donors (Lipinski definition) is 2. The number of piperidine rings is 1. The molecule has 1 rings (SSSR count). The molecule has 1 saturated heterocycles. The van der Waals surface area contributed by atoms with Crippen LogP contribution in [0.2, 0.25) is 0 Å². The molecule has 0 aromatic rings. The maximum Gasteiger partial charge on any atom is 0.234 e. The number of nitrogens with zero attached hydrogens (tertiary/aromatic N) is 1. The van der Waals surface area contributed by atoms with E-state index in [0.717, 1.165) is 25.9 Å². The Bertz CT molecular complexity index is 359. The highest BCUT2D eigenvalue weighted by molar-refractivity contribution is 7.90. The van der Waals surface area contributed by atoms with E-state index < -0.39 is 21.7 Å². The second kappa shape index (κ2) is 5.79. The molecule has 1 aliphatic heterocycles. The van der Waals surface area contributed by atoms with Gasteiger partial charge in [0, 0.05) is 12.1 Å². The zero-order valence-corrected chi connectivity index (χ0v) is 11.2. The zero-order chi connectivity index (χ0) is 13.1. The van der Waals surface area contributed by atoms with E-state index in [1.165, 1.54) is 0 Å². The summed E-state index contributed by atoms with van der Waals surface area (Å²) in [6, 6.07) is 0.410. The van der Waals surface area contributed by atoms with Crippen LogP contribution in [0.15, 0.2) is 0 Å². The molecule has 0 radical (unpaired) electrons. The fourth-order valence-corrected chi connectivity index (χ4v) is 3.22. The fraction of sp³-hybridized carbons (Fsp3) is 0.900. The summed E-state index contributed by atoms with van der Waals surface area (Å²) in [6.07, 6.45) is 1.55. The molecule has 7 heteroatoms. The lowest BCUT2D eigenvalue weighted by molar-refractivity contribution is -0.115. The number of amides is 1. The molecule has 3 N–H and O–H groups in total. The number of hydrogen-bond acceptors (Lipinski definition) is 4. The lowest BCUT2D eigenvalue weighted by atomic mass is 10.1. The third kappa shape index (κ3) is 5.01. The van der Waals surface area contributed by atoms with Gasteiger partial charge in [-0.1, -0.05) is 0 Å². The van der Waals surface area contributed by atoms with Crippen molar-refractivity contribution in [2.75, 3.05) is 18.8 Å². The number of rotatable bonds is 5. The van der Waals surface area contributed by atoms with Gasteiger partial charge in [0.1, 0.15) is 5.75 Å². The fourth-order valence-electron chi connectivity index (χ4n) is 2.02. The lowest BCUT2D eigenvalue weighted by Crippen LogP contribution is -2.47. The number of carbonyl (C=O) groups is 1. The summed E-state index contributed by atoms with van der Waals surface area (Å²) in [7, 11) is -3.56. The SMILES string of the molecule is CC(C)N1CCC(NS(=O)(=O)CC(N)=O)CC1. The van der Waals surface area contributed by atoms with Crippen molar-refractivity contribution in [1.82, 2.24) is 9.62 Å². The van der Waals surface area contributed by atoms with E-state index in [0.29, 0.717) is 6.04 Å². The normalized spacial score (nSPS) is 19.7. The molecule has 0 spiro atoms. The molecule has 0 bridgehead atoms. The van der Waals surface area contributed by atoms with Gasteiger partial charge in [0.25, 0.3) is 0 Å². The van der Waals surface area contributed by atoms with Gasteiger partial charge in [0.2, 0.25) is 15.9 Å². The van der Waals surface area contributed by atoms with Gasteiger partial charge in [-0.15, -0.1) is 0 Å². The molecule has 1 fully saturated rings. The van der Waals surface area contributed by atoms with E-state index in [2.05, 4.69) is 23.5 Å². The largest absolute Gasteiger partial charge is 0.369 e. The Kier molecular flexibility index (Phi) is 4.91. The maximum absolute atomic E-state index is 11.5. The maximum atomic E-state index is 11.5. The second-order valence-electron chi connectivity index (χ2n) is 4.75. The first kappa shape index (κ1) is 14.4. The predicted octanol–water partition coefficient (Wildman–Crippen LogP) is -0.736. The quantitative estimate of drug-likeness (QED) is 0.683. The molecule has 0 aromatic carbocycles. The monoisotopic (exact) mass is 263 g/mol. The molecule has 0 aromatic heterocycles. The van der Waals surface area contributed by atoms with Crippen molar-refractivity contribution in [2.45, 2.75) is 38.8 Å². The molecular weight excluding hydrogens is 242 g/mol. The number of likely N-dealkylation sites (tertiary alicyclic amines) is 1. The van der Waals surface area contributed by atoms with E-state index in [1.807, 2.05) is 0 Å². The topological polar surface area (TPSA) is 92.5 Å². The Balaban J connectivity index is 2.43. The van der Waals surface area contributed by atoms with Crippen LogP contribution in [0.3, 0.4) is 0 Å². The Hall–Kier alpha value is -0.660. The van der Waals surface area contributed by atoms with E-state index in [9.17, 15) is 13.2 Å². The van der Waals surface area contributed by atoms with Crippen molar-refractivity contribution in [1.29, 1.82) is 0 Å². The third-order valence-electron chi connectivity index (χ3n) is 2.94. The predicted molar refractivity (Wildman–Crippen MR) is 65.8 cm³/mol. The van der Waals surface area contributed by atoms with Gasteiger partial charge in [-0.2, -0.15) is 0 Å². The van der Waals surface area contributed by atoms with Crippen LogP contribution in [0.1, 0.15) is 26.7 Å². The third-order valence-corrected chi connectivity index (χ3v) is 4.30. The van der Waals surface area contributed by atoms with Crippen LogP contribution in [-0.2, 0) is 14.8 Å². The highest BCUT2D eigenvalue weighted by Crippen LogP contribution is 2.13. The summed E-state index contributed by atoms with van der Waals surface area (Å²) >= 11 is 0. The highest BCUT2D eigenvalue weighted by atomic mass is 32.2. The molecule has 1 amide bonds. The van der Waals surface area contributed by atoms with Gasteiger partial charge in [-0.05, 0) is 39.8 Å². The van der Waals surface area contributed by atoms with Crippen LogP contribution in [0.4, 0.5) is 0 Å². The smallest absolute Gasteiger partial charge is 0.234 e. The van der Waals surface area contributed by atoms with Crippen molar-refractivity contribution in [3.63, 3.8) is 0 Å². The summed E-state index contributed by atoms with van der Waals surface area (Å²) in [5, 5.41) is 0. The minimum atomic E-state index is -3.56. The molecule has 1 aliphatic rings. The first-order valence-corrected chi connectivity index (χ1v) is 7.48. The zero-order valence-electron chi connectivity index (χ0n) is 10.3. The summed E-state index contributed by atoms with van der Waals surface area (Å²) in [5.41, 5.74) is 4.88. The summed E-state index contributed by atoms with van der Waals surface area (Å²) in [4.78, 5) is 12.9. The highest BCUT2D eigenvalue weighted by Gasteiger charge is 2.25. The van der Waals surface area contributed by atoms with Crippen molar-refractivity contribution < 1.29 is 13.2 Å². The van der Waals surface area contributed by atoms with Crippen molar-refractivity contribution in [2.24, 2.45) is 5.73 Å². The van der Waals surface area contributed by atoms with Crippen LogP contribution in [0.25, 0.3) is 0 Å². The van der Waals surface area contributed by atoms with Gasteiger partial charge in [-0.3, -0.25) is 4.79 Å². The van der Waals surface area contributed by atoms with E-state index in [1.54, 1.807) is 0 Å². The minimum absolute atomic E-state index is 0.0747.